The van der Waals surface area contributed by atoms with Crippen molar-refractivity contribution >= 4 is 22.9 Å². The summed E-state index contributed by atoms with van der Waals surface area (Å²) in [5.74, 6) is -2.49. The monoisotopic (exact) mass is 742 g/mol. The van der Waals surface area contributed by atoms with E-state index in [9.17, 15) is 29.8 Å². The number of hydrogen-bond donors (Lipinski definition) is 0. The number of benzene rings is 7. The molecule has 7 aromatic rings. The van der Waals surface area contributed by atoms with Gasteiger partial charge >= 0.3 is 5.79 Å². The van der Waals surface area contributed by atoms with Crippen LogP contribution in [0.4, 0.5) is 11.4 Å². The lowest BCUT2D eigenvalue weighted by Crippen LogP contribution is -2.47. The molecule has 0 radical (unpaired) electrons. The van der Waals surface area contributed by atoms with E-state index in [1.165, 1.54) is 36.4 Å². The van der Waals surface area contributed by atoms with Gasteiger partial charge in [-0.2, -0.15) is 0 Å². The number of ketones is 2. The third-order valence-corrected chi connectivity index (χ3v) is 8.71. The van der Waals surface area contributed by atoms with Gasteiger partial charge in [0, 0.05) is 39.9 Å². The van der Waals surface area contributed by atoms with Crippen molar-refractivity contribution in [3.63, 3.8) is 0 Å². The second kappa shape index (κ2) is 17.9. The summed E-state index contributed by atoms with van der Waals surface area (Å²) >= 11 is 0. The second-order valence-corrected chi connectivity index (χ2v) is 12.3. The minimum atomic E-state index is -1.68. The largest absolute Gasteiger partial charge is 0.442 e. The number of carbonyl (C=O) groups is 2. The highest BCUT2D eigenvalue weighted by Crippen LogP contribution is 2.39. The van der Waals surface area contributed by atoms with Gasteiger partial charge in [-0.15, -0.1) is 0 Å². The first-order valence-corrected chi connectivity index (χ1v) is 17.5. The van der Waals surface area contributed by atoms with Gasteiger partial charge in [-0.05, 0) is 24.3 Å². The van der Waals surface area contributed by atoms with E-state index in [0.29, 0.717) is 28.2 Å². The molecule has 0 fully saturated rings. The highest BCUT2D eigenvalue weighted by molar-refractivity contribution is 6.04. The number of Topliss-reactive ketones (excluding diaryl/α,β-unsaturated/α-hetero) is 2. The van der Waals surface area contributed by atoms with Gasteiger partial charge in [0.2, 0.25) is 0 Å². The summed E-state index contributed by atoms with van der Waals surface area (Å²) in [6, 6.07) is 56.7. The van der Waals surface area contributed by atoms with Crippen molar-refractivity contribution in [3.05, 3.63) is 248 Å². The van der Waals surface area contributed by atoms with Crippen LogP contribution in [0.25, 0.3) is 0 Å². The molecule has 7 rings (SSSR count). The standard InChI is InChI=1S/C26H20O3.C20H14N2O5/c27-25(21-13-5-1-6-14-21)26(22-15-7-2-8-16-22,28-23-17-9-3-10-18-23)29-24-19-11-4-12-20-24;23-20(14-8-2-1-3-9-14)19(15-10-4-6-12-17(15)21(24)25)16-11-5-7-13-18(16)22(26)27/h1-20H;1-13,19H. The van der Waals surface area contributed by atoms with Crippen LogP contribution in [0.3, 0.4) is 0 Å². The normalized spacial score (nSPS) is 10.7. The maximum absolute atomic E-state index is 13.8. The van der Waals surface area contributed by atoms with Crippen LogP contribution in [0.5, 0.6) is 11.5 Å². The molecule has 0 N–H and O–H groups in total. The molecule has 0 spiro atoms. The fourth-order valence-electron chi connectivity index (χ4n) is 6.12. The van der Waals surface area contributed by atoms with Crippen molar-refractivity contribution in [1.29, 1.82) is 0 Å². The van der Waals surface area contributed by atoms with Gasteiger partial charge in [-0.1, -0.05) is 164 Å². The van der Waals surface area contributed by atoms with E-state index >= 15 is 0 Å². The van der Waals surface area contributed by atoms with Crippen LogP contribution >= 0.6 is 0 Å². The highest BCUT2D eigenvalue weighted by Gasteiger charge is 2.46. The molecule has 0 heterocycles. The van der Waals surface area contributed by atoms with E-state index in [0.717, 1.165) is 0 Å². The quantitative estimate of drug-likeness (QED) is 0.0492. The summed E-state index contributed by atoms with van der Waals surface area (Å²) in [7, 11) is 0. The van der Waals surface area contributed by atoms with E-state index in [4.69, 9.17) is 9.47 Å². The van der Waals surface area contributed by atoms with Gasteiger partial charge < -0.3 is 9.47 Å². The van der Waals surface area contributed by atoms with E-state index in [1.54, 1.807) is 54.6 Å². The maximum Gasteiger partial charge on any atom is 0.344 e. The summed E-state index contributed by atoms with van der Waals surface area (Å²) < 4.78 is 12.7. The van der Waals surface area contributed by atoms with Gasteiger partial charge in [0.05, 0.1) is 15.8 Å². The number of nitro groups is 2. The summed E-state index contributed by atoms with van der Waals surface area (Å²) in [4.78, 5) is 48.9. The Balaban J connectivity index is 0.000000190. The number of ether oxygens (including phenoxy) is 2. The lowest BCUT2D eigenvalue weighted by atomic mass is 9.83. The molecule has 56 heavy (non-hydrogen) atoms. The Bertz CT molecular complexity index is 2310. The van der Waals surface area contributed by atoms with E-state index < -0.39 is 27.3 Å². The van der Waals surface area contributed by atoms with Crippen molar-refractivity contribution in [2.45, 2.75) is 11.7 Å². The lowest BCUT2D eigenvalue weighted by Gasteiger charge is -2.33. The fourth-order valence-corrected chi connectivity index (χ4v) is 6.12. The first-order chi connectivity index (χ1) is 27.3. The molecular formula is C46H34N2O8. The van der Waals surface area contributed by atoms with Crippen LogP contribution in [0.1, 0.15) is 43.3 Å². The smallest absolute Gasteiger partial charge is 0.344 e. The van der Waals surface area contributed by atoms with E-state index in [1.807, 2.05) is 109 Å². The first-order valence-electron chi connectivity index (χ1n) is 17.5. The summed E-state index contributed by atoms with van der Waals surface area (Å²) in [5, 5.41) is 23.0. The minimum absolute atomic E-state index is 0.116. The summed E-state index contributed by atoms with van der Waals surface area (Å²) in [6.45, 7) is 0. The summed E-state index contributed by atoms with van der Waals surface area (Å²) in [6.07, 6.45) is 0. The molecule has 0 atom stereocenters. The van der Waals surface area contributed by atoms with Crippen LogP contribution in [0, 0.1) is 20.2 Å². The Morgan fingerprint density at radius 1 is 0.446 bits per heavy atom. The van der Waals surface area contributed by atoms with E-state index in [-0.39, 0.29) is 28.3 Å². The fraction of sp³-hybridized carbons (Fsp3) is 0.0435. The zero-order valence-corrected chi connectivity index (χ0v) is 29.8. The third kappa shape index (κ3) is 8.73. The molecule has 0 aliphatic rings. The Labute approximate surface area is 322 Å². The Morgan fingerprint density at radius 3 is 1.20 bits per heavy atom. The van der Waals surface area contributed by atoms with Gasteiger partial charge in [0.25, 0.3) is 17.2 Å². The van der Waals surface area contributed by atoms with Gasteiger partial charge in [-0.25, -0.2) is 0 Å². The van der Waals surface area contributed by atoms with Crippen LogP contribution in [-0.2, 0) is 5.79 Å². The van der Waals surface area contributed by atoms with Gasteiger partial charge in [-0.3, -0.25) is 29.8 Å². The molecule has 0 saturated heterocycles. The minimum Gasteiger partial charge on any atom is -0.442 e. The van der Waals surface area contributed by atoms with Gasteiger partial charge in [0.1, 0.15) is 11.5 Å². The summed E-state index contributed by atoms with van der Waals surface area (Å²) in [5.41, 5.74) is 1.15. The Hall–Kier alpha value is -7.72. The van der Waals surface area contributed by atoms with Crippen LogP contribution < -0.4 is 9.47 Å². The number of rotatable bonds is 13. The third-order valence-electron chi connectivity index (χ3n) is 8.71. The van der Waals surface area contributed by atoms with Crippen LogP contribution in [0.15, 0.2) is 200 Å². The topological polar surface area (TPSA) is 139 Å². The average molecular weight is 743 g/mol. The predicted molar refractivity (Wildman–Crippen MR) is 212 cm³/mol. The number of para-hydroxylation sites is 4. The molecule has 276 valence electrons. The second-order valence-electron chi connectivity index (χ2n) is 12.3. The highest BCUT2D eigenvalue weighted by atomic mass is 16.7. The molecular weight excluding hydrogens is 709 g/mol. The molecule has 0 saturated carbocycles. The zero-order chi connectivity index (χ0) is 39.3. The molecule has 10 heteroatoms. The molecule has 0 bridgehead atoms. The van der Waals surface area contributed by atoms with Crippen LogP contribution in [-0.4, -0.2) is 21.4 Å². The van der Waals surface area contributed by atoms with Crippen LogP contribution in [0.2, 0.25) is 0 Å². The maximum atomic E-state index is 13.8. The molecule has 10 nitrogen and oxygen atoms in total. The van der Waals surface area contributed by atoms with Crippen molar-refractivity contribution in [2.75, 3.05) is 0 Å². The zero-order valence-electron chi connectivity index (χ0n) is 29.8. The molecule has 0 unspecified atom stereocenters. The van der Waals surface area contributed by atoms with Gasteiger partial charge in [0.15, 0.2) is 5.78 Å². The predicted octanol–water partition coefficient (Wildman–Crippen LogP) is 10.4. The number of nitrogens with zero attached hydrogens (tertiary/aromatic N) is 2. The molecule has 0 aliphatic carbocycles. The average Bonchev–Trinajstić information content (AvgIpc) is 3.25. The number of nitro benzene ring substituents is 2. The number of carbonyl (C=O) groups excluding carboxylic acids is 2. The lowest BCUT2D eigenvalue weighted by molar-refractivity contribution is -0.386. The van der Waals surface area contributed by atoms with Crippen molar-refractivity contribution in [1.82, 2.24) is 0 Å². The molecule has 0 aromatic heterocycles. The van der Waals surface area contributed by atoms with E-state index in [2.05, 4.69) is 0 Å². The van der Waals surface area contributed by atoms with Crippen molar-refractivity contribution in [2.24, 2.45) is 0 Å². The molecule has 7 aromatic carbocycles. The van der Waals surface area contributed by atoms with Crippen molar-refractivity contribution < 1.29 is 28.9 Å². The Kier molecular flexibility index (Phi) is 12.1. The molecule has 0 aliphatic heterocycles. The molecule has 0 amide bonds. The Morgan fingerprint density at radius 2 is 0.786 bits per heavy atom. The van der Waals surface area contributed by atoms with Crippen molar-refractivity contribution in [3.8, 4) is 11.5 Å². The SMILES string of the molecule is O=C(c1ccccc1)C(Oc1ccccc1)(Oc1ccccc1)c1ccccc1.O=C(c1ccccc1)C(c1ccccc1[N+](=O)[O-])c1ccccc1[N+](=O)[O-]. The first kappa shape index (κ1) is 38.0. The number of hydrogen-bond acceptors (Lipinski definition) is 8.